The van der Waals surface area contributed by atoms with Gasteiger partial charge < -0.3 is 10.1 Å². The van der Waals surface area contributed by atoms with Crippen LogP contribution >= 0.6 is 11.6 Å². The van der Waals surface area contributed by atoms with E-state index in [-0.39, 0.29) is 22.7 Å². The van der Waals surface area contributed by atoms with E-state index in [4.69, 9.17) is 16.3 Å². The number of nitrogens with zero attached hydrogens (tertiary/aromatic N) is 4. The largest absolute Gasteiger partial charge is 0.471 e. The van der Waals surface area contributed by atoms with Gasteiger partial charge in [-0.2, -0.15) is 5.10 Å². The molecule has 3 heterocycles. The second kappa shape index (κ2) is 8.47. The average molecular weight is 410 g/mol. The molecule has 0 atom stereocenters. The highest BCUT2D eigenvalue weighted by atomic mass is 35.5. The molecule has 1 amide bonds. The lowest BCUT2D eigenvalue weighted by atomic mass is 10.2. The van der Waals surface area contributed by atoms with E-state index in [1.54, 1.807) is 43.1 Å². The van der Waals surface area contributed by atoms with Gasteiger partial charge in [0, 0.05) is 24.5 Å². The zero-order valence-corrected chi connectivity index (χ0v) is 16.0. The molecule has 3 aromatic heterocycles. The lowest BCUT2D eigenvalue weighted by Crippen LogP contribution is -2.18. The first-order valence-electron chi connectivity index (χ1n) is 8.52. The number of fused-ring (bicyclic) bond motifs is 1. The Balaban J connectivity index is 1.79. The Morgan fingerprint density at radius 1 is 1.36 bits per heavy atom. The Bertz CT molecular complexity index is 993. The molecule has 0 aliphatic heterocycles. The fraction of sp³-hybridized carbons (Fsp3) is 0.333. The number of pyridine rings is 2. The highest BCUT2D eigenvalue weighted by molar-refractivity contribution is 6.31. The fourth-order valence-electron chi connectivity index (χ4n) is 2.42. The third kappa shape index (κ3) is 4.72. The van der Waals surface area contributed by atoms with Crippen molar-refractivity contribution in [1.29, 1.82) is 0 Å². The summed E-state index contributed by atoms with van der Waals surface area (Å²) in [4.78, 5) is 20.2. The van der Waals surface area contributed by atoms with Crippen LogP contribution in [0.5, 0.6) is 5.88 Å². The number of anilines is 1. The van der Waals surface area contributed by atoms with Gasteiger partial charge in [-0.25, -0.2) is 18.7 Å². The van der Waals surface area contributed by atoms with Crippen molar-refractivity contribution in [2.75, 3.05) is 11.9 Å². The number of rotatable bonds is 7. The molecule has 10 heteroatoms. The van der Waals surface area contributed by atoms with Gasteiger partial charge in [0.2, 0.25) is 11.8 Å². The van der Waals surface area contributed by atoms with E-state index < -0.39 is 13.0 Å². The van der Waals surface area contributed by atoms with Gasteiger partial charge in [0.25, 0.3) is 6.43 Å². The number of ether oxygens (including phenoxy) is 1. The third-order valence-corrected chi connectivity index (χ3v) is 4.07. The van der Waals surface area contributed by atoms with Gasteiger partial charge in [0.05, 0.1) is 17.4 Å². The van der Waals surface area contributed by atoms with Gasteiger partial charge in [-0.3, -0.25) is 9.48 Å². The first-order chi connectivity index (χ1) is 13.3. The number of alkyl halides is 2. The number of carbonyl (C=O) groups excluding carboxylic acids is 1. The number of hydrogen-bond acceptors (Lipinski definition) is 5. The molecular weight excluding hydrogens is 392 g/mol. The summed E-state index contributed by atoms with van der Waals surface area (Å²) in [7, 11) is 0. The number of nitrogens with one attached hydrogen (secondary N) is 1. The van der Waals surface area contributed by atoms with Crippen LogP contribution in [0.25, 0.3) is 10.9 Å². The van der Waals surface area contributed by atoms with Crippen LogP contribution in [-0.2, 0) is 11.3 Å². The fourth-order valence-corrected chi connectivity index (χ4v) is 2.67. The Morgan fingerprint density at radius 3 is 2.82 bits per heavy atom. The summed E-state index contributed by atoms with van der Waals surface area (Å²) < 4.78 is 31.0. The van der Waals surface area contributed by atoms with Crippen molar-refractivity contribution in [3.63, 3.8) is 0 Å². The quantitative estimate of drug-likeness (QED) is 0.642. The summed E-state index contributed by atoms with van der Waals surface area (Å²) in [5.41, 5.74) is 1.38. The minimum Gasteiger partial charge on any atom is -0.471 e. The number of hydrogen-bond donors (Lipinski definition) is 1. The molecule has 0 unspecified atom stereocenters. The SMILES string of the molecule is CC(C)C(=O)Nc1nccc2nn(Cc3cnc(OCC(F)F)c(Cl)c3)cc12. The predicted octanol–water partition coefficient (Wildman–Crippen LogP) is 3.77. The van der Waals surface area contributed by atoms with Crippen molar-refractivity contribution < 1.29 is 18.3 Å². The molecule has 7 nitrogen and oxygen atoms in total. The van der Waals surface area contributed by atoms with Gasteiger partial charge in [-0.15, -0.1) is 0 Å². The summed E-state index contributed by atoms with van der Waals surface area (Å²) in [6.45, 7) is 3.16. The molecule has 0 spiro atoms. The van der Waals surface area contributed by atoms with E-state index in [0.717, 1.165) is 0 Å². The van der Waals surface area contributed by atoms with Crippen molar-refractivity contribution in [2.24, 2.45) is 5.92 Å². The molecule has 0 saturated carbocycles. The van der Waals surface area contributed by atoms with E-state index in [2.05, 4.69) is 20.4 Å². The Morgan fingerprint density at radius 2 is 2.14 bits per heavy atom. The molecule has 3 aromatic rings. The van der Waals surface area contributed by atoms with Crippen LogP contribution in [0.4, 0.5) is 14.6 Å². The molecule has 1 N–H and O–H groups in total. The van der Waals surface area contributed by atoms with Gasteiger partial charge in [-0.1, -0.05) is 25.4 Å². The molecule has 28 heavy (non-hydrogen) atoms. The maximum Gasteiger partial charge on any atom is 0.272 e. The van der Waals surface area contributed by atoms with Crippen LogP contribution in [0.1, 0.15) is 19.4 Å². The zero-order valence-electron chi connectivity index (χ0n) is 15.2. The van der Waals surface area contributed by atoms with Gasteiger partial charge in [0.1, 0.15) is 10.8 Å². The lowest BCUT2D eigenvalue weighted by Gasteiger charge is -2.08. The van der Waals surface area contributed by atoms with Crippen LogP contribution in [0.2, 0.25) is 5.02 Å². The number of aromatic nitrogens is 4. The number of amides is 1. The van der Waals surface area contributed by atoms with Gasteiger partial charge in [-0.05, 0) is 17.7 Å². The molecule has 0 aliphatic carbocycles. The topological polar surface area (TPSA) is 81.9 Å². The maximum atomic E-state index is 12.2. The number of halogens is 3. The van der Waals surface area contributed by atoms with Gasteiger partial charge >= 0.3 is 0 Å². The molecule has 0 bridgehead atoms. The average Bonchev–Trinajstić information content (AvgIpc) is 3.04. The van der Waals surface area contributed by atoms with Crippen molar-refractivity contribution in [1.82, 2.24) is 19.7 Å². The van der Waals surface area contributed by atoms with Crippen molar-refractivity contribution in [3.8, 4) is 5.88 Å². The monoisotopic (exact) mass is 409 g/mol. The third-order valence-electron chi connectivity index (χ3n) is 3.80. The highest BCUT2D eigenvalue weighted by Crippen LogP contribution is 2.24. The summed E-state index contributed by atoms with van der Waals surface area (Å²) in [6.07, 6.45) is 2.21. The predicted molar refractivity (Wildman–Crippen MR) is 101 cm³/mol. The van der Waals surface area contributed by atoms with E-state index in [0.29, 0.717) is 28.8 Å². The van der Waals surface area contributed by atoms with Gasteiger partial charge in [0.15, 0.2) is 6.61 Å². The van der Waals surface area contributed by atoms with Crippen LogP contribution in [-0.4, -0.2) is 38.7 Å². The van der Waals surface area contributed by atoms with Crippen LogP contribution in [0, 0.1) is 5.92 Å². The summed E-state index contributed by atoms with van der Waals surface area (Å²) >= 11 is 6.05. The Labute approximate surface area is 164 Å². The lowest BCUT2D eigenvalue weighted by molar-refractivity contribution is -0.118. The second-order valence-corrected chi connectivity index (χ2v) is 6.80. The minimum atomic E-state index is -2.60. The zero-order chi connectivity index (χ0) is 20.3. The Kier molecular flexibility index (Phi) is 6.03. The van der Waals surface area contributed by atoms with Crippen molar-refractivity contribution in [3.05, 3.63) is 41.3 Å². The minimum absolute atomic E-state index is 0.0424. The molecular formula is C18H18ClF2N5O2. The highest BCUT2D eigenvalue weighted by Gasteiger charge is 2.14. The first-order valence-corrected chi connectivity index (χ1v) is 8.89. The van der Waals surface area contributed by atoms with Crippen LogP contribution in [0.3, 0.4) is 0 Å². The van der Waals surface area contributed by atoms with E-state index in [9.17, 15) is 13.6 Å². The van der Waals surface area contributed by atoms with Crippen LogP contribution in [0.15, 0.2) is 30.7 Å². The number of carbonyl (C=O) groups is 1. The summed E-state index contributed by atoms with van der Waals surface area (Å²) in [5, 5.41) is 8.08. The molecule has 3 rings (SSSR count). The van der Waals surface area contributed by atoms with Crippen LogP contribution < -0.4 is 10.1 Å². The van der Waals surface area contributed by atoms with Crippen molar-refractivity contribution in [2.45, 2.75) is 26.8 Å². The normalized spacial score (nSPS) is 11.4. The second-order valence-electron chi connectivity index (χ2n) is 6.40. The van der Waals surface area contributed by atoms with E-state index >= 15 is 0 Å². The molecule has 0 fully saturated rings. The summed E-state index contributed by atoms with van der Waals surface area (Å²) in [5.74, 6) is 0.0859. The molecule has 0 saturated heterocycles. The molecule has 148 valence electrons. The standard InChI is InChI=1S/C18H18ClF2N5O2/c1-10(2)17(27)24-16-12-8-26(25-14(12)3-4-22-16)7-11-5-13(19)18(23-6-11)28-9-15(20)21/h3-6,8,10,15H,7,9H2,1-2H3,(H,22,24,27). The maximum absolute atomic E-state index is 12.2. The van der Waals surface area contributed by atoms with Crippen molar-refractivity contribution >= 4 is 34.2 Å². The Hall–Kier alpha value is -2.81. The summed E-state index contributed by atoms with van der Waals surface area (Å²) in [6, 6.07) is 3.32. The smallest absolute Gasteiger partial charge is 0.272 e. The van der Waals surface area contributed by atoms with E-state index in [1.165, 1.54) is 6.20 Å². The molecule has 0 aromatic carbocycles. The first kappa shape index (κ1) is 19.9. The molecule has 0 aliphatic rings. The molecule has 0 radical (unpaired) electrons. The van der Waals surface area contributed by atoms with E-state index in [1.807, 2.05) is 0 Å².